The maximum Gasteiger partial charge on any atom is 0.258 e. The number of carbonyl (C=O) groups is 1. The monoisotopic (exact) mass is 380 g/mol. The fourth-order valence-corrected chi connectivity index (χ4v) is 6.75. The zero-order valence-electron chi connectivity index (χ0n) is 16.2. The van der Waals surface area contributed by atoms with E-state index in [-0.39, 0.29) is 30.0 Å². The van der Waals surface area contributed by atoms with Gasteiger partial charge >= 0.3 is 0 Å². The van der Waals surface area contributed by atoms with Crippen LogP contribution >= 0.6 is 0 Å². The van der Waals surface area contributed by atoms with Crippen molar-refractivity contribution in [3.8, 4) is 0 Å². The first-order valence-electron chi connectivity index (χ1n) is 10.6. The summed E-state index contributed by atoms with van der Waals surface area (Å²) in [5.41, 5.74) is 0.779. The molecule has 28 heavy (non-hydrogen) atoms. The third-order valence-corrected chi connectivity index (χ3v) is 7.33. The SMILES string of the molecule is O=C(CC12CC3CC(CC(C3)C1)C2)Nc1cccc2c(=O)n(CCO)ccc12. The second kappa shape index (κ2) is 6.73. The molecule has 4 bridgehead atoms. The van der Waals surface area contributed by atoms with E-state index in [1.807, 2.05) is 18.2 Å². The average Bonchev–Trinajstić information content (AvgIpc) is 2.63. The van der Waals surface area contributed by atoms with Gasteiger partial charge in [-0.15, -0.1) is 0 Å². The Morgan fingerprint density at radius 1 is 1.07 bits per heavy atom. The van der Waals surface area contributed by atoms with Gasteiger partial charge in [0, 0.05) is 35.6 Å². The minimum absolute atomic E-state index is 0.0765. The van der Waals surface area contributed by atoms with Crippen LogP contribution in [-0.4, -0.2) is 22.2 Å². The zero-order valence-corrected chi connectivity index (χ0v) is 16.2. The molecular formula is C23H28N2O3. The van der Waals surface area contributed by atoms with Crippen LogP contribution in [0.1, 0.15) is 44.9 Å². The Kier molecular flexibility index (Phi) is 4.31. The molecule has 6 rings (SSSR count). The summed E-state index contributed by atoms with van der Waals surface area (Å²) in [7, 11) is 0. The number of aromatic nitrogens is 1. The number of anilines is 1. The van der Waals surface area contributed by atoms with E-state index in [9.17, 15) is 9.59 Å². The number of aliphatic hydroxyl groups excluding tert-OH is 1. The molecule has 2 N–H and O–H groups in total. The highest BCUT2D eigenvalue weighted by Crippen LogP contribution is 2.61. The molecule has 0 unspecified atom stereocenters. The van der Waals surface area contributed by atoms with Crippen molar-refractivity contribution in [2.24, 2.45) is 23.2 Å². The summed E-state index contributed by atoms with van der Waals surface area (Å²) < 4.78 is 1.50. The Labute approximate surface area is 164 Å². The number of aliphatic hydroxyl groups is 1. The first kappa shape index (κ1) is 17.9. The normalized spacial score (nSPS) is 30.7. The lowest BCUT2D eigenvalue weighted by atomic mass is 9.49. The Morgan fingerprint density at radius 2 is 1.75 bits per heavy atom. The summed E-state index contributed by atoms with van der Waals surface area (Å²) in [4.78, 5) is 25.6. The third-order valence-electron chi connectivity index (χ3n) is 7.33. The molecule has 0 aliphatic heterocycles. The molecule has 0 radical (unpaired) electrons. The van der Waals surface area contributed by atoms with Crippen LogP contribution in [0.4, 0.5) is 5.69 Å². The van der Waals surface area contributed by atoms with Crippen LogP contribution < -0.4 is 10.9 Å². The molecule has 0 saturated heterocycles. The largest absolute Gasteiger partial charge is 0.395 e. The Morgan fingerprint density at radius 3 is 2.39 bits per heavy atom. The molecule has 1 aromatic heterocycles. The number of carbonyl (C=O) groups excluding carboxylic acids is 1. The quantitative estimate of drug-likeness (QED) is 0.833. The lowest BCUT2D eigenvalue weighted by molar-refractivity contribution is -0.124. The van der Waals surface area contributed by atoms with E-state index in [0.29, 0.717) is 17.5 Å². The van der Waals surface area contributed by atoms with Crippen molar-refractivity contribution in [2.75, 3.05) is 11.9 Å². The first-order chi connectivity index (χ1) is 13.5. The summed E-state index contributed by atoms with van der Waals surface area (Å²) in [6.07, 6.45) is 10.1. The van der Waals surface area contributed by atoms with Crippen molar-refractivity contribution in [3.63, 3.8) is 0 Å². The number of amides is 1. The second-order valence-corrected chi connectivity index (χ2v) is 9.45. The van der Waals surface area contributed by atoms with Crippen molar-refractivity contribution in [2.45, 2.75) is 51.5 Å². The van der Waals surface area contributed by atoms with E-state index < -0.39 is 0 Å². The van der Waals surface area contributed by atoms with E-state index in [1.54, 1.807) is 12.3 Å². The maximum absolute atomic E-state index is 13.0. The van der Waals surface area contributed by atoms with Crippen LogP contribution in [0.3, 0.4) is 0 Å². The van der Waals surface area contributed by atoms with Crippen molar-refractivity contribution >= 4 is 22.4 Å². The van der Waals surface area contributed by atoms with Gasteiger partial charge in [-0.25, -0.2) is 0 Å². The molecule has 5 nitrogen and oxygen atoms in total. The number of hydrogen-bond acceptors (Lipinski definition) is 3. The molecule has 4 fully saturated rings. The third kappa shape index (κ3) is 3.06. The highest BCUT2D eigenvalue weighted by Gasteiger charge is 2.51. The van der Waals surface area contributed by atoms with Gasteiger partial charge in [-0.3, -0.25) is 9.59 Å². The Hall–Kier alpha value is -2.14. The molecule has 1 heterocycles. The van der Waals surface area contributed by atoms with E-state index in [1.165, 1.54) is 43.1 Å². The molecule has 148 valence electrons. The maximum atomic E-state index is 13.0. The number of pyridine rings is 1. The van der Waals surface area contributed by atoms with E-state index in [0.717, 1.165) is 23.1 Å². The molecular weight excluding hydrogens is 352 g/mol. The highest BCUT2D eigenvalue weighted by molar-refractivity contribution is 6.02. The van der Waals surface area contributed by atoms with Crippen molar-refractivity contribution < 1.29 is 9.90 Å². The Balaban J connectivity index is 1.37. The van der Waals surface area contributed by atoms with Gasteiger partial charge in [0.15, 0.2) is 0 Å². The molecule has 2 aromatic rings. The minimum atomic E-state index is -0.135. The fourth-order valence-electron chi connectivity index (χ4n) is 6.75. The van der Waals surface area contributed by atoms with Crippen LogP contribution in [0.15, 0.2) is 35.3 Å². The molecule has 5 heteroatoms. The van der Waals surface area contributed by atoms with Crippen LogP contribution in [-0.2, 0) is 11.3 Å². The molecule has 1 amide bonds. The average molecular weight is 380 g/mol. The summed E-state index contributed by atoms with van der Waals surface area (Å²) in [6, 6.07) is 7.32. The van der Waals surface area contributed by atoms with Crippen LogP contribution in [0, 0.1) is 23.2 Å². The summed E-state index contributed by atoms with van der Waals surface area (Å²) in [5.74, 6) is 2.58. The summed E-state index contributed by atoms with van der Waals surface area (Å²) in [5, 5.41) is 13.6. The van der Waals surface area contributed by atoms with Crippen LogP contribution in [0.2, 0.25) is 0 Å². The molecule has 0 atom stereocenters. The number of fused-ring (bicyclic) bond motifs is 1. The number of nitrogens with one attached hydrogen (secondary N) is 1. The zero-order chi connectivity index (χ0) is 19.3. The second-order valence-electron chi connectivity index (χ2n) is 9.45. The lowest BCUT2D eigenvalue weighted by Crippen LogP contribution is -2.47. The molecule has 4 aliphatic rings. The van der Waals surface area contributed by atoms with Gasteiger partial charge in [-0.2, -0.15) is 0 Å². The number of hydrogen-bond donors (Lipinski definition) is 2. The topological polar surface area (TPSA) is 71.3 Å². The minimum Gasteiger partial charge on any atom is -0.395 e. The first-order valence-corrected chi connectivity index (χ1v) is 10.6. The number of rotatable bonds is 5. The van der Waals surface area contributed by atoms with Crippen molar-refractivity contribution in [1.82, 2.24) is 4.57 Å². The van der Waals surface area contributed by atoms with Crippen LogP contribution in [0.25, 0.3) is 10.8 Å². The fraction of sp³-hybridized carbons (Fsp3) is 0.565. The smallest absolute Gasteiger partial charge is 0.258 e. The van der Waals surface area contributed by atoms with Gasteiger partial charge in [-0.1, -0.05) is 6.07 Å². The van der Waals surface area contributed by atoms with Crippen molar-refractivity contribution in [3.05, 3.63) is 40.8 Å². The van der Waals surface area contributed by atoms with Gasteiger partial charge in [0.1, 0.15) is 0 Å². The summed E-state index contributed by atoms with van der Waals surface area (Å²) in [6.45, 7) is 0.199. The lowest BCUT2D eigenvalue weighted by Gasteiger charge is -2.56. The predicted octanol–water partition coefficient (Wildman–Crippen LogP) is 3.54. The van der Waals surface area contributed by atoms with E-state index in [2.05, 4.69) is 5.32 Å². The summed E-state index contributed by atoms with van der Waals surface area (Å²) >= 11 is 0. The molecule has 1 aromatic carbocycles. The molecule has 4 aliphatic carbocycles. The van der Waals surface area contributed by atoms with Gasteiger partial charge in [0.2, 0.25) is 5.91 Å². The number of nitrogens with zero attached hydrogens (tertiary/aromatic N) is 1. The Bertz CT molecular complexity index is 942. The van der Waals surface area contributed by atoms with Crippen molar-refractivity contribution in [1.29, 1.82) is 0 Å². The van der Waals surface area contributed by atoms with Crippen LogP contribution in [0.5, 0.6) is 0 Å². The molecule has 0 spiro atoms. The van der Waals surface area contributed by atoms with Gasteiger partial charge in [0.25, 0.3) is 5.56 Å². The van der Waals surface area contributed by atoms with Gasteiger partial charge < -0.3 is 15.0 Å². The van der Waals surface area contributed by atoms with Gasteiger partial charge in [0.05, 0.1) is 6.61 Å². The van der Waals surface area contributed by atoms with Gasteiger partial charge in [-0.05, 0) is 79.9 Å². The highest BCUT2D eigenvalue weighted by atomic mass is 16.3. The molecule has 4 saturated carbocycles. The van der Waals surface area contributed by atoms with E-state index in [4.69, 9.17) is 5.11 Å². The van der Waals surface area contributed by atoms with E-state index >= 15 is 0 Å². The standard InChI is InChI=1S/C23H28N2O3/c26-7-6-25-5-4-18-19(22(25)28)2-1-3-20(18)24-21(27)14-23-11-15-8-16(12-23)10-17(9-15)13-23/h1-5,15-17,26H,6-14H2,(H,24,27). The number of benzene rings is 1. The predicted molar refractivity (Wildman–Crippen MR) is 109 cm³/mol.